The third kappa shape index (κ3) is 3.97. The minimum atomic E-state index is -0.585. The molecule has 4 aromatic rings. The van der Waals surface area contributed by atoms with Crippen LogP contribution in [0.15, 0.2) is 77.2 Å². The maximum atomic E-state index is 9.56. The third-order valence-electron chi connectivity index (χ3n) is 4.35. The van der Waals surface area contributed by atoms with E-state index in [4.69, 9.17) is 16.0 Å². The second-order valence-electron chi connectivity index (χ2n) is 6.33. The number of halogens is 1. The number of alkyl halides is 1. The van der Waals surface area contributed by atoms with Gasteiger partial charge in [0.25, 0.3) is 0 Å². The van der Waals surface area contributed by atoms with Gasteiger partial charge in [-0.15, -0.1) is 11.6 Å². The Balaban J connectivity index is 1.56. The van der Waals surface area contributed by atoms with E-state index in [1.54, 1.807) is 0 Å². The van der Waals surface area contributed by atoms with Gasteiger partial charge in [0.1, 0.15) is 5.52 Å². The van der Waals surface area contributed by atoms with Crippen LogP contribution in [0, 0.1) is 0 Å². The van der Waals surface area contributed by atoms with E-state index < -0.39 is 6.10 Å². The Morgan fingerprint density at radius 2 is 1.63 bits per heavy atom. The predicted molar refractivity (Wildman–Crippen MR) is 110 cm³/mol. The van der Waals surface area contributed by atoms with Gasteiger partial charge in [0, 0.05) is 17.8 Å². The smallest absolute Gasteiger partial charge is 0.227 e. The Morgan fingerprint density at radius 1 is 0.926 bits per heavy atom. The second-order valence-corrected chi connectivity index (χ2v) is 6.64. The monoisotopic (exact) mass is 378 g/mol. The average molecular weight is 379 g/mol. The van der Waals surface area contributed by atoms with E-state index in [1.165, 1.54) is 5.56 Å². The fraction of sp³-hybridized carbons (Fsp3) is 0.136. The summed E-state index contributed by atoms with van der Waals surface area (Å²) < 4.78 is 5.89. The lowest BCUT2D eigenvalue weighted by molar-refractivity contribution is 0.211. The molecule has 0 radical (unpaired) electrons. The normalized spacial score (nSPS) is 12.2. The van der Waals surface area contributed by atoms with Gasteiger partial charge in [-0.2, -0.15) is 0 Å². The van der Waals surface area contributed by atoms with Crippen molar-refractivity contribution in [2.75, 3.05) is 17.7 Å². The summed E-state index contributed by atoms with van der Waals surface area (Å²) in [6.45, 7) is 0.390. The van der Waals surface area contributed by atoms with E-state index in [-0.39, 0.29) is 5.88 Å². The van der Waals surface area contributed by atoms with Crippen molar-refractivity contribution in [3.05, 3.63) is 72.8 Å². The summed E-state index contributed by atoms with van der Waals surface area (Å²) >= 11 is 5.62. The standard InChI is InChI=1S/C22H19ClN2O2/c23-13-19(26)14-24-18-10-11-21-20(12-18)25-22(27-21)17-8-6-16(7-9-17)15-4-2-1-3-5-15/h1-12,19,24,26H,13-14H2. The first-order valence-corrected chi connectivity index (χ1v) is 9.31. The fourth-order valence-electron chi connectivity index (χ4n) is 2.89. The zero-order valence-corrected chi connectivity index (χ0v) is 15.4. The van der Waals surface area contributed by atoms with Gasteiger partial charge in [-0.3, -0.25) is 0 Å². The van der Waals surface area contributed by atoms with Gasteiger partial charge in [-0.05, 0) is 41.5 Å². The van der Waals surface area contributed by atoms with Crippen LogP contribution in [-0.4, -0.2) is 28.6 Å². The van der Waals surface area contributed by atoms with Crippen LogP contribution in [0.5, 0.6) is 0 Å². The molecule has 4 nitrogen and oxygen atoms in total. The first kappa shape index (κ1) is 17.6. The lowest BCUT2D eigenvalue weighted by Crippen LogP contribution is -2.20. The van der Waals surface area contributed by atoms with E-state index in [0.29, 0.717) is 12.4 Å². The zero-order chi connectivity index (χ0) is 18.6. The van der Waals surface area contributed by atoms with Gasteiger partial charge in [0.2, 0.25) is 5.89 Å². The maximum absolute atomic E-state index is 9.56. The molecule has 1 atom stereocenters. The fourth-order valence-corrected chi connectivity index (χ4v) is 3.00. The molecule has 0 aliphatic carbocycles. The summed E-state index contributed by atoms with van der Waals surface area (Å²) in [5, 5.41) is 12.7. The van der Waals surface area contributed by atoms with Crippen molar-refractivity contribution in [1.82, 2.24) is 4.98 Å². The Morgan fingerprint density at radius 3 is 2.37 bits per heavy atom. The van der Waals surface area contributed by atoms with E-state index in [2.05, 4.69) is 34.6 Å². The second kappa shape index (κ2) is 7.82. The Kier molecular flexibility index (Phi) is 5.10. The van der Waals surface area contributed by atoms with Crippen molar-refractivity contribution in [2.24, 2.45) is 0 Å². The van der Waals surface area contributed by atoms with Gasteiger partial charge in [-0.1, -0.05) is 42.5 Å². The minimum absolute atomic E-state index is 0.197. The van der Waals surface area contributed by atoms with E-state index in [9.17, 15) is 5.11 Å². The number of anilines is 1. The van der Waals surface area contributed by atoms with Crippen LogP contribution in [-0.2, 0) is 0 Å². The van der Waals surface area contributed by atoms with Crippen molar-refractivity contribution in [3.63, 3.8) is 0 Å². The molecule has 0 fully saturated rings. The molecule has 0 aliphatic rings. The van der Waals surface area contributed by atoms with Gasteiger partial charge in [0.15, 0.2) is 5.58 Å². The number of aliphatic hydroxyl groups excluding tert-OH is 1. The van der Waals surface area contributed by atoms with Crippen molar-refractivity contribution in [3.8, 4) is 22.6 Å². The summed E-state index contributed by atoms with van der Waals surface area (Å²) in [5.74, 6) is 0.782. The number of oxazole rings is 1. The van der Waals surface area contributed by atoms with E-state index in [0.717, 1.165) is 27.9 Å². The highest BCUT2D eigenvalue weighted by atomic mass is 35.5. The summed E-state index contributed by atoms with van der Waals surface area (Å²) in [4.78, 5) is 4.60. The molecule has 1 unspecified atom stereocenters. The summed E-state index contributed by atoms with van der Waals surface area (Å²) in [6, 6.07) is 24.1. The number of nitrogens with zero attached hydrogens (tertiary/aromatic N) is 1. The van der Waals surface area contributed by atoms with Gasteiger partial charge >= 0.3 is 0 Å². The van der Waals surface area contributed by atoms with Gasteiger partial charge < -0.3 is 14.8 Å². The first-order valence-electron chi connectivity index (χ1n) is 8.77. The highest BCUT2D eigenvalue weighted by Crippen LogP contribution is 2.28. The van der Waals surface area contributed by atoms with E-state index >= 15 is 0 Å². The number of fused-ring (bicyclic) bond motifs is 1. The summed E-state index contributed by atoms with van der Waals surface area (Å²) in [6.07, 6.45) is -0.585. The lowest BCUT2D eigenvalue weighted by atomic mass is 10.0. The molecule has 27 heavy (non-hydrogen) atoms. The molecule has 0 aliphatic heterocycles. The Bertz CT molecular complexity index is 1030. The van der Waals surface area contributed by atoms with Crippen molar-refractivity contribution in [2.45, 2.75) is 6.10 Å². The van der Waals surface area contributed by atoms with Crippen molar-refractivity contribution >= 4 is 28.4 Å². The number of aliphatic hydroxyl groups is 1. The number of rotatable bonds is 6. The van der Waals surface area contributed by atoms with E-state index in [1.807, 2.05) is 48.5 Å². The Labute approximate surface area is 162 Å². The van der Waals surface area contributed by atoms with Crippen LogP contribution in [0.25, 0.3) is 33.7 Å². The number of hydrogen-bond acceptors (Lipinski definition) is 4. The minimum Gasteiger partial charge on any atom is -0.436 e. The molecule has 5 heteroatoms. The van der Waals surface area contributed by atoms with Gasteiger partial charge in [0.05, 0.1) is 12.0 Å². The number of benzene rings is 3. The van der Waals surface area contributed by atoms with Crippen LogP contribution in [0.1, 0.15) is 0 Å². The molecule has 1 aromatic heterocycles. The topological polar surface area (TPSA) is 58.3 Å². The van der Waals surface area contributed by atoms with Crippen LogP contribution in [0.4, 0.5) is 5.69 Å². The number of hydrogen-bond donors (Lipinski definition) is 2. The summed E-state index contributed by atoms with van der Waals surface area (Å²) in [5.41, 5.74) is 5.61. The number of aromatic nitrogens is 1. The lowest BCUT2D eigenvalue weighted by Gasteiger charge is -2.09. The molecule has 136 valence electrons. The average Bonchev–Trinajstić information content (AvgIpc) is 3.16. The van der Waals surface area contributed by atoms with Crippen LogP contribution in [0.2, 0.25) is 0 Å². The molecule has 2 N–H and O–H groups in total. The molecule has 0 bridgehead atoms. The van der Waals surface area contributed by atoms with Crippen LogP contribution < -0.4 is 5.32 Å². The molecular formula is C22H19ClN2O2. The molecule has 0 spiro atoms. The molecule has 1 heterocycles. The molecular weight excluding hydrogens is 360 g/mol. The largest absolute Gasteiger partial charge is 0.436 e. The van der Waals surface area contributed by atoms with Crippen LogP contribution >= 0.6 is 11.6 Å². The number of nitrogens with one attached hydrogen (secondary N) is 1. The zero-order valence-electron chi connectivity index (χ0n) is 14.6. The molecule has 0 saturated heterocycles. The Hall–Kier alpha value is -2.82. The highest BCUT2D eigenvalue weighted by molar-refractivity contribution is 6.18. The predicted octanol–water partition coefficient (Wildman–Crippen LogP) is 5.17. The van der Waals surface area contributed by atoms with Crippen molar-refractivity contribution in [1.29, 1.82) is 0 Å². The highest BCUT2D eigenvalue weighted by Gasteiger charge is 2.10. The summed E-state index contributed by atoms with van der Waals surface area (Å²) in [7, 11) is 0. The molecule has 0 amide bonds. The quantitative estimate of drug-likeness (QED) is 0.454. The third-order valence-corrected chi connectivity index (χ3v) is 4.70. The molecule has 4 rings (SSSR count). The SMILES string of the molecule is OC(CCl)CNc1ccc2oc(-c3ccc(-c4ccccc4)cc3)nc2c1. The van der Waals surface area contributed by atoms with Crippen LogP contribution in [0.3, 0.4) is 0 Å². The van der Waals surface area contributed by atoms with Crippen molar-refractivity contribution < 1.29 is 9.52 Å². The molecule has 0 saturated carbocycles. The molecule has 3 aromatic carbocycles. The maximum Gasteiger partial charge on any atom is 0.227 e. The first-order chi connectivity index (χ1) is 13.2. The van der Waals surface area contributed by atoms with Gasteiger partial charge in [-0.25, -0.2) is 4.98 Å².